The number of nitrogens with one attached hydrogen (secondary N) is 2. The Labute approximate surface area is 217 Å². The third kappa shape index (κ3) is 11.7. The molecule has 1 unspecified atom stereocenters. The molecule has 2 aromatic carbocycles. The van der Waals surface area contributed by atoms with Crippen molar-refractivity contribution in [1.29, 1.82) is 0 Å². The van der Waals surface area contributed by atoms with Crippen molar-refractivity contribution < 1.29 is 18.8 Å². The summed E-state index contributed by atoms with van der Waals surface area (Å²) in [6.45, 7) is 10.8. The molecule has 0 aliphatic carbocycles. The van der Waals surface area contributed by atoms with Gasteiger partial charge in [0.15, 0.2) is 0 Å². The van der Waals surface area contributed by atoms with Gasteiger partial charge in [0.2, 0.25) is 0 Å². The van der Waals surface area contributed by atoms with Crippen LogP contribution in [0.3, 0.4) is 0 Å². The molecule has 1 amide bonds. The predicted molar refractivity (Wildman–Crippen MR) is 152 cm³/mol. The summed E-state index contributed by atoms with van der Waals surface area (Å²) < 4.78 is 15.3. The number of carbonyl (C=O) groups excluding carboxylic acids is 1. The van der Waals surface area contributed by atoms with Crippen LogP contribution >= 0.6 is 9.47 Å². The number of amides is 1. The molecule has 0 spiro atoms. The fourth-order valence-electron chi connectivity index (χ4n) is 3.05. The van der Waals surface area contributed by atoms with Gasteiger partial charge >= 0.3 is 6.09 Å². The van der Waals surface area contributed by atoms with Gasteiger partial charge in [-0.3, -0.25) is 4.98 Å². The molecule has 0 aliphatic rings. The summed E-state index contributed by atoms with van der Waals surface area (Å²) in [7, 11) is 3.91. The van der Waals surface area contributed by atoms with E-state index in [2.05, 4.69) is 25.1 Å². The zero-order chi connectivity index (χ0) is 27.0. The average Bonchev–Trinajstić information content (AvgIpc) is 2.86. The first-order valence-electron chi connectivity index (χ1n) is 11.9. The molecule has 0 bridgehead atoms. The molecule has 9 heteroatoms. The molecule has 3 rings (SSSR count). The van der Waals surface area contributed by atoms with Gasteiger partial charge in [-0.05, 0) is 32.4 Å². The molecule has 0 fully saturated rings. The number of alkyl carbamates (subject to hydrolysis) is 1. The number of fused-ring (bicyclic) bond motifs is 1. The normalized spacial score (nSPS) is 11.3. The van der Waals surface area contributed by atoms with E-state index in [0.717, 1.165) is 16.6 Å². The number of ether oxygens (including phenoxy) is 2. The van der Waals surface area contributed by atoms with Crippen LogP contribution in [0.15, 0.2) is 60.8 Å². The summed E-state index contributed by atoms with van der Waals surface area (Å²) in [5.74, 6) is 0. The Kier molecular flexibility index (Phi) is 14.4. The van der Waals surface area contributed by atoms with Crippen LogP contribution in [0.4, 0.5) is 16.2 Å². The van der Waals surface area contributed by atoms with E-state index in [4.69, 9.17) is 19.7 Å². The molecule has 198 valence electrons. The van der Waals surface area contributed by atoms with Crippen molar-refractivity contribution in [3.8, 4) is 0 Å². The molecule has 3 aromatic rings. The van der Waals surface area contributed by atoms with E-state index in [9.17, 15) is 4.79 Å². The largest absolute Gasteiger partial charge is 0.444 e. The summed E-state index contributed by atoms with van der Waals surface area (Å²) in [6, 6.07) is 17.6. The third-order valence-corrected chi connectivity index (χ3v) is 4.69. The number of anilines is 2. The van der Waals surface area contributed by atoms with Gasteiger partial charge in [-0.15, -0.1) is 0 Å². The Morgan fingerprint density at radius 3 is 2.33 bits per heavy atom. The summed E-state index contributed by atoms with van der Waals surface area (Å²) in [6.07, 6.45) is 1.14. The lowest BCUT2D eigenvalue weighted by molar-refractivity contribution is 0.0523. The van der Waals surface area contributed by atoms with Crippen molar-refractivity contribution in [2.75, 3.05) is 31.3 Å². The van der Waals surface area contributed by atoms with Gasteiger partial charge in [-0.2, -0.15) is 0 Å². The van der Waals surface area contributed by atoms with Crippen LogP contribution in [0, 0.1) is 0 Å². The Balaban J connectivity index is 0.000000491. The smallest absolute Gasteiger partial charge is 0.407 e. The fraction of sp³-hybridized carbons (Fsp3) is 0.407. The van der Waals surface area contributed by atoms with Crippen molar-refractivity contribution in [2.45, 2.75) is 52.9 Å². The second kappa shape index (κ2) is 16.7. The number of aromatic nitrogens is 1. The zero-order valence-corrected chi connectivity index (χ0v) is 23.4. The van der Waals surface area contributed by atoms with Crippen molar-refractivity contribution >= 4 is 37.8 Å². The van der Waals surface area contributed by atoms with Crippen LogP contribution in [0.25, 0.3) is 10.9 Å². The maximum absolute atomic E-state index is 11.9. The number of nitrogens with zero attached hydrogens (tertiary/aromatic N) is 1. The number of pyridine rings is 1. The number of nitrogens with two attached hydrogens (primary N) is 1. The molecule has 2 atom stereocenters. The summed E-state index contributed by atoms with van der Waals surface area (Å²) in [5.41, 5.74) is 8.90. The Hall–Kier alpha value is -2.93. The van der Waals surface area contributed by atoms with Crippen LogP contribution in [0.2, 0.25) is 0 Å². The van der Waals surface area contributed by atoms with E-state index in [1.165, 1.54) is 5.56 Å². The summed E-state index contributed by atoms with van der Waals surface area (Å²) in [5, 5.41) is 6.99. The van der Waals surface area contributed by atoms with E-state index >= 15 is 0 Å². The Morgan fingerprint density at radius 2 is 1.72 bits per heavy atom. The van der Waals surface area contributed by atoms with Crippen LogP contribution in [-0.2, 0) is 20.6 Å². The number of nitrogen functional groups attached to an aromatic ring is 1. The molecular formula is C27H41N4O4P. The van der Waals surface area contributed by atoms with Crippen molar-refractivity contribution in [3.63, 3.8) is 0 Å². The highest BCUT2D eigenvalue weighted by atomic mass is 31.0. The first kappa shape index (κ1) is 31.1. The van der Waals surface area contributed by atoms with Crippen molar-refractivity contribution in [3.05, 3.63) is 66.4 Å². The number of para-hydroxylation sites is 1. The fourth-order valence-corrected chi connectivity index (χ4v) is 3.28. The number of benzene rings is 2. The number of methoxy groups -OCH3 is 1. The molecule has 0 aliphatic heterocycles. The van der Waals surface area contributed by atoms with Gasteiger partial charge in [0, 0.05) is 28.5 Å². The SMILES string of the molecule is CC.CC(C)(C)OC(=O)NC[C@@H](COP)Nc1c(N)cnc2ccccc12.COCc1ccccc1. The molecule has 1 heterocycles. The van der Waals surface area contributed by atoms with Crippen LogP contribution < -0.4 is 16.4 Å². The van der Waals surface area contributed by atoms with E-state index in [1.807, 2.05) is 89.2 Å². The van der Waals surface area contributed by atoms with E-state index in [-0.39, 0.29) is 6.04 Å². The highest BCUT2D eigenvalue weighted by molar-refractivity contribution is 7.09. The molecule has 0 saturated heterocycles. The first-order valence-corrected chi connectivity index (χ1v) is 12.4. The first-order chi connectivity index (χ1) is 17.2. The lowest BCUT2D eigenvalue weighted by Crippen LogP contribution is -2.41. The zero-order valence-electron chi connectivity index (χ0n) is 22.2. The molecule has 1 aromatic heterocycles. The second-order valence-corrected chi connectivity index (χ2v) is 8.92. The summed E-state index contributed by atoms with van der Waals surface area (Å²) >= 11 is 0. The maximum Gasteiger partial charge on any atom is 0.407 e. The molecule has 0 saturated carbocycles. The number of carbonyl (C=O) groups is 1. The monoisotopic (exact) mass is 516 g/mol. The minimum atomic E-state index is -0.546. The number of hydrogen-bond acceptors (Lipinski definition) is 7. The molecule has 0 radical (unpaired) electrons. The standard InChI is InChI=1S/C17H25N4O3P.C8H10O.C2H6/c1-17(2,3)24-16(22)20-8-11(10-23-25)21-15-12-6-4-5-7-14(12)19-9-13(15)18;1-9-7-8-5-3-2-4-6-8;1-2/h4-7,9,11H,8,10,18,25H2,1-3H3,(H,19,21)(H,20,22);2-6H,7H2,1H3;1-2H3/t11-;;/m0../s1. The Morgan fingerprint density at radius 1 is 1.08 bits per heavy atom. The van der Waals surface area contributed by atoms with Gasteiger partial charge in [-0.1, -0.05) is 62.4 Å². The van der Waals surface area contributed by atoms with Gasteiger partial charge in [-0.25, -0.2) is 4.79 Å². The average molecular weight is 517 g/mol. The maximum atomic E-state index is 11.9. The molecule has 4 N–H and O–H groups in total. The number of rotatable bonds is 8. The topological polar surface area (TPSA) is 108 Å². The van der Waals surface area contributed by atoms with Crippen LogP contribution in [0.5, 0.6) is 0 Å². The second-order valence-electron chi connectivity index (χ2n) is 8.58. The van der Waals surface area contributed by atoms with Crippen LogP contribution in [-0.4, -0.2) is 43.0 Å². The summed E-state index contributed by atoms with van der Waals surface area (Å²) in [4.78, 5) is 16.2. The Bertz CT molecular complexity index is 1030. The highest BCUT2D eigenvalue weighted by Crippen LogP contribution is 2.28. The van der Waals surface area contributed by atoms with Gasteiger partial charge in [0.25, 0.3) is 0 Å². The van der Waals surface area contributed by atoms with Crippen molar-refractivity contribution in [1.82, 2.24) is 10.3 Å². The quantitative estimate of drug-likeness (QED) is 0.325. The van der Waals surface area contributed by atoms with Gasteiger partial charge in [0.1, 0.15) is 5.60 Å². The predicted octanol–water partition coefficient (Wildman–Crippen LogP) is 5.79. The van der Waals surface area contributed by atoms with E-state index in [1.54, 1.807) is 13.3 Å². The van der Waals surface area contributed by atoms with Crippen LogP contribution in [0.1, 0.15) is 40.2 Å². The van der Waals surface area contributed by atoms with E-state index in [0.29, 0.717) is 25.4 Å². The van der Waals surface area contributed by atoms with Gasteiger partial charge in [0.05, 0.1) is 42.3 Å². The molecular weight excluding hydrogens is 475 g/mol. The van der Waals surface area contributed by atoms with Crippen molar-refractivity contribution in [2.24, 2.45) is 0 Å². The van der Waals surface area contributed by atoms with Gasteiger partial charge < -0.3 is 30.4 Å². The minimum absolute atomic E-state index is 0.196. The number of hydrogen-bond donors (Lipinski definition) is 3. The highest BCUT2D eigenvalue weighted by Gasteiger charge is 2.18. The lowest BCUT2D eigenvalue weighted by Gasteiger charge is -2.23. The van der Waals surface area contributed by atoms with E-state index < -0.39 is 11.7 Å². The molecule has 36 heavy (non-hydrogen) atoms. The third-order valence-electron chi connectivity index (χ3n) is 4.50. The minimum Gasteiger partial charge on any atom is -0.444 e. The molecule has 8 nitrogen and oxygen atoms in total. The lowest BCUT2D eigenvalue weighted by atomic mass is 10.1.